The second kappa shape index (κ2) is 7.10. The SMILES string of the molecule is C=CCN1C(=O)[C@H](OC)[C@@H]1[C@H]1N[C@@H](C(=O)OC)C[C@H]1C(=O)OC. The van der Waals surface area contributed by atoms with Gasteiger partial charge in [-0.2, -0.15) is 0 Å². The first-order valence-corrected chi connectivity index (χ1v) is 7.36. The van der Waals surface area contributed by atoms with Crippen molar-refractivity contribution in [3.8, 4) is 0 Å². The summed E-state index contributed by atoms with van der Waals surface area (Å²) in [6.45, 7) is 3.98. The molecule has 0 aromatic carbocycles. The van der Waals surface area contributed by atoms with Crippen molar-refractivity contribution in [3.05, 3.63) is 12.7 Å². The second-order valence-electron chi connectivity index (χ2n) is 5.56. The molecule has 2 aliphatic heterocycles. The third kappa shape index (κ3) is 2.96. The predicted octanol–water partition coefficient (Wildman–Crippen LogP) is -0.909. The van der Waals surface area contributed by atoms with Crippen molar-refractivity contribution in [3.63, 3.8) is 0 Å². The fourth-order valence-corrected chi connectivity index (χ4v) is 3.37. The Labute approximate surface area is 134 Å². The minimum atomic E-state index is -0.656. The van der Waals surface area contributed by atoms with Crippen LogP contribution in [0, 0.1) is 5.92 Å². The van der Waals surface area contributed by atoms with Gasteiger partial charge in [0.1, 0.15) is 6.04 Å². The summed E-state index contributed by atoms with van der Waals surface area (Å²) >= 11 is 0. The Morgan fingerprint density at radius 3 is 2.48 bits per heavy atom. The quantitative estimate of drug-likeness (QED) is 0.384. The Bertz CT molecular complexity index is 508. The lowest BCUT2D eigenvalue weighted by molar-refractivity contribution is -0.174. The summed E-state index contributed by atoms with van der Waals surface area (Å²) in [5, 5.41) is 3.10. The molecule has 8 nitrogen and oxygen atoms in total. The molecule has 8 heteroatoms. The number of hydrogen-bond acceptors (Lipinski definition) is 7. The smallest absolute Gasteiger partial charge is 0.322 e. The number of hydrogen-bond donors (Lipinski definition) is 1. The van der Waals surface area contributed by atoms with Crippen molar-refractivity contribution in [1.82, 2.24) is 10.2 Å². The first-order chi connectivity index (χ1) is 11.0. The number of rotatable bonds is 6. The number of β-lactam (4-membered cyclic amide) rings is 1. The van der Waals surface area contributed by atoms with E-state index < -0.39 is 36.0 Å². The van der Waals surface area contributed by atoms with Crippen molar-refractivity contribution in [2.45, 2.75) is 30.7 Å². The molecular formula is C15H22N2O6. The van der Waals surface area contributed by atoms with Crippen molar-refractivity contribution < 1.29 is 28.6 Å². The van der Waals surface area contributed by atoms with E-state index in [4.69, 9.17) is 14.2 Å². The third-order valence-electron chi connectivity index (χ3n) is 4.45. The first-order valence-electron chi connectivity index (χ1n) is 7.36. The predicted molar refractivity (Wildman–Crippen MR) is 79.3 cm³/mol. The van der Waals surface area contributed by atoms with E-state index >= 15 is 0 Å². The maximum absolute atomic E-state index is 12.1. The topological polar surface area (TPSA) is 94.2 Å². The van der Waals surface area contributed by atoms with Crippen molar-refractivity contribution in [2.75, 3.05) is 27.9 Å². The fourth-order valence-electron chi connectivity index (χ4n) is 3.37. The van der Waals surface area contributed by atoms with Crippen LogP contribution in [-0.4, -0.2) is 74.8 Å². The number of carbonyl (C=O) groups is 3. The van der Waals surface area contributed by atoms with Crippen LogP contribution in [0.2, 0.25) is 0 Å². The van der Waals surface area contributed by atoms with Gasteiger partial charge in [-0.25, -0.2) is 0 Å². The van der Waals surface area contributed by atoms with Crippen molar-refractivity contribution in [1.29, 1.82) is 0 Å². The van der Waals surface area contributed by atoms with Gasteiger partial charge < -0.3 is 19.1 Å². The van der Waals surface area contributed by atoms with Gasteiger partial charge in [0, 0.05) is 19.7 Å². The lowest BCUT2D eigenvalue weighted by Gasteiger charge is -2.49. The molecule has 23 heavy (non-hydrogen) atoms. The van der Waals surface area contributed by atoms with E-state index in [1.807, 2.05) is 0 Å². The number of amides is 1. The van der Waals surface area contributed by atoms with Gasteiger partial charge in [-0.15, -0.1) is 6.58 Å². The summed E-state index contributed by atoms with van der Waals surface area (Å²) in [7, 11) is 4.03. The molecule has 0 spiro atoms. The zero-order valence-electron chi connectivity index (χ0n) is 13.5. The number of likely N-dealkylation sites (tertiary alicyclic amines) is 1. The van der Waals surface area contributed by atoms with Crippen LogP contribution >= 0.6 is 0 Å². The number of nitrogens with one attached hydrogen (secondary N) is 1. The third-order valence-corrected chi connectivity index (χ3v) is 4.45. The average molecular weight is 326 g/mol. The van der Waals surface area contributed by atoms with E-state index in [1.165, 1.54) is 21.3 Å². The average Bonchev–Trinajstić information content (AvgIpc) is 2.99. The summed E-state index contributed by atoms with van der Waals surface area (Å²) in [5.41, 5.74) is 0. The molecular weight excluding hydrogens is 304 g/mol. The summed E-state index contributed by atoms with van der Waals surface area (Å²) in [4.78, 5) is 37.6. The molecule has 0 radical (unpaired) electrons. The molecule has 128 valence electrons. The van der Waals surface area contributed by atoms with E-state index in [9.17, 15) is 14.4 Å². The number of carbonyl (C=O) groups excluding carboxylic acids is 3. The van der Waals surface area contributed by atoms with Crippen LogP contribution < -0.4 is 5.32 Å². The highest BCUT2D eigenvalue weighted by atomic mass is 16.5. The van der Waals surface area contributed by atoms with E-state index in [2.05, 4.69) is 11.9 Å². The lowest BCUT2D eigenvalue weighted by atomic mass is 9.84. The first kappa shape index (κ1) is 17.4. The van der Waals surface area contributed by atoms with Crippen LogP contribution in [0.4, 0.5) is 0 Å². The highest BCUT2D eigenvalue weighted by molar-refractivity contribution is 5.90. The molecule has 2 rings (SSSR count). The normalized spacial score (nSPS) is 33.1. The van der Waals surface area contributed by atoms with Crippen LogP contribution in [-0.2, 0) is 28.6 Å². The highest BCUT2D eigenvalue weighted by Crippen LogP contribution is 2.34. The highest BCUT2D eigenvalue weighted by Gasteiger charge is 2.57. The Morgan fingerprint density at radius 1 is 1.30 bits per heavy atom. The Kier molecular flexibility index (Phi) is 5.38. The fraction of sp³-hybridized carbons (Fsp3) is 0.667. The summed E-state index contributed by atoms with van der Waals surface area (Å²) in [6, 6.07) is -1.44. The van der Waals surface area contributed by atoms with Gasteiger partial charge in [-0.05, 0) is 6.42 Å². The monoisotopic (exact) mass is 326 g/mol. The minimum absolute atomic E-state index is 0.163. The summed E-state index contributed by atoms with van der Waals surface area (Å²) < 4.78 is 14.8. The molecule has 0 aromatic heterocycles. The molecule has 0 aliphatic carbocycles. The van der Waals surface area contributed by atoms with Crippen LogP contribution in [0.5, 0.6) is 0 Å². The molecule has 0 unspecified atom stereocenters. The number of esters is 2. The van der Waals surface area contributed by atoms with E-state index in [0.29, 0.717) is 6.54 Å². The molecule has 0 saturated carbocycles. The van der Waals surface area contributed by atoms with Gasteiger partial charge >= 0.3 is 11.9 Å². The lowest BCUT2D eigenvalue weighted by Crippen LogP contribution is -2.72. The molecule has 2 fully saturated rings. The molecule has 2 heterocycles. The maximum Gasteiger partial charge on any atom is 0.322 e. The Hall–Kier alpha value is -1.93. The van der Waals surface area contributed by atoms with Crippen LogP contribution in [0.25, 0.3) is 0 Å². The molecule has 0 bridgehead atoms. The van der Waals surface area contributed by atoms with Crippen molar-refractivity contribution in [2.24, 2.45) is 5.92 Å². The molecule has 2 saturated heterocycles. The zero-order valence-corrected chi connectivity index (χ0v) is 13.5. The second-order valence-corrected chi connectivity index (χ2v) is 5.56. The standard InChI is InChI=1S/C15H22N2O6/c1-5-6-17-11(12(21-2)13(17)18)10-8(14(19)22-3)7-9(16-10)15(20)23-4/h5,8-12,16H,1,6-7H2,2-4H3/t8-,9-,10+,11+,12-/m1/s1. The molecule has 1 amide bonds. The number of nitrogens with zero attached hydrogens (tertiary/aromatic N) is 1. The van der Waals surface area contributed by atoms with Crippen LogP contribution in [0.3, 0.4) is 0 Å². The Morgan fingerprint density at radius 2 is 1.96 bits per heavy atom. The van der Waals surface area contributed by atoms with Gasteiger partial charge in [0.2, 0.25) is 0 Å². The molecule has 5 atom stereocenters. The molecule has 0 aromatic rings. The van der Waals surface area contributed by atoms with Gasteiger partial charge in [-0.3, -0.25) is 19.7 Å². The largest absolute Gasteiger partial charge is 0.469 e. The van der Waals surface area contributed by atoms with Crippen molar-refractivity contribution >= 4 is 17.8 Å². The number of methoxy groups -OCH3 is 3. The van der Waals surface area contributed by atoms with E-state index in [-0.39, 0.29) is 18.4 Å². The van der Waals surface area contributed by atoms with Gasteiger partial charge in [0.05, 0.1) is 26.2 Å². The van der Waals surface area contributed by atoms with E-state index in [1.54, 1.807) is 11.0 Å². The van der Waals surface area contributed by atoms with Crippen LogP contribution in [0.1, 0.15) is 6.42 Å². The van der Waals surface area contributed by atoms with Gasteiger partial charge in [-0.1, -0.05) is 6.08 Å². The summed E-state index contributed by atoms with van der Waals surface area (Å²) in [6.07, 6.45) is 1.21. The minimum Gasteiger partial charge on any atom is -0.469 e. The van der Waals surface area contributed by atoms with E-state index in [0.717, 1.165) is 0 Å². The van der Waals surface area contributed by atoms with Gasteiger partial charge in [0.15, 0.2) is 6.10 Å². The van der Waals surface area contributed by atoms with Gasteiger partial charge in [0.25, 0.3) is 5.91 Å². The van der Waals surface area contributed by atoms with Crippen LogP contribution in [0.15, 0.2) is 12.7 Å². The summed E-state index contributed by atoms with van der Waals surface area (Å²) in [5.74, 6) is -1.60. The zero-order chi connectivity index (χ0) is 17.1. The maximum atomic E-state index is 12.1. The molecule has 2 aliphatic rings. The Balaban J connectivity index is 2.25. The molecule has 1 N–H and O–H groups in total. The number of ether oxygens (including phenoxy) is 3.